The summed E-state index contributed by atoms with van der Waals surface area (Å²) in [6.45, 7) is 4.40. The summed E-state index contributed by atoms with van der Waals surface area (Å²) in [6, 6.07) is 8.10. The Morgan fingerprint density at radius 1 is 1.36 bits per heavy atom. The minimum absolute atomic E-state index is 0.0274. The summed E-state index contributed by atoms with van der Waals surface area (Å²) in [5, 5.41) is 16.5. The first-order valence-corrected chi connectivity index (χ1v) is 8.61. The van der Waals surface area contributed by atoms with Gasteiger partial charge < -0.3 is 4.90 Å². The third kappa shape index (κ3) is 4.55. The summed E-state index contributed by atoms with van der Waals surface area (Å²) in [6.07, 6.45) is 0.308. The zero-order valence-electron chi connectivity index (χ0n) is 12.4. The molecule has 7 heteroatoms. The molecule has 0 aliphatic rings. The van der Waals surface area contributed by atoms with Crippen LogP contribution in [0.4, 0.5) is 5.69 Å². The van der Waals surface area contributed by atoms with Crippen LogP contribution in [0.15, 0.2) is 28.0 Å². The van der Waals surface area contributed by atoms with Crippen LogP contribution in [0.2, 0.25) is 0 Å². The molecule has 0 unspecified atom stereocenters. The number of thioether (sulfide) groups is 1. The van der Waals surface area contributed by atoms with Crippen molar-refractivity contribution in [3.63, 3.8) is 0 Å². The highest BCUT2D eigenvalue weighted by molar-refractivity contribution is 8.01. The van der Waals surface area contributed by atoms with Crippen LogP contribution in [0.1, 0.15) is 17.5 Å². The van der Waals surface area contributed by atoms with Crippen LogP contribution in [-0.2, 0) is 4.79 Å². The van der Waals surface area contributed by atoms with Crippen molar-refractivity contribution in [3.05, 3.63) is 34.8 Å². The number of hydrogen-bond acceptors (Lipinski definition) is 6. The van der Waals surface area contributed by atoms with Gasteiger partial charge >= 0.3 is 0 Å². The molecule has 1 aromatic heterocycles. The standard InChI is InChI=1S/C15H16N4OS2/c1-11-6-12(2)8-13(7-11)19(5-3-4-16)14(20)9-21-15-18-17-10-22-15/h6-8,10H,3,5,9H2,1-2H3. The molecule has 1 heterocycles. The van der Waals surface area contributed by atoms with Gasteiger partial charge in [-0.25, -0.2) is 0 Å². The van der Waals surface area contributed by atoms with E-state index in [9.17, 15) is 4.79 Å². The largest absolute Gasteiger partial charge is 0.311 e. The van der Waals surface area contributed by atoms with Gasteiger partial charge in [-0.3, -0.25) is 4.79 Å². The number of amides is 1. The van der Waals surface area contributed by atoms with Crippen molar-refractivity contribution < 1.29 is 4.79 Å². The highest BCUT2D eigenvalue weighted by Gasteiger charge is 2.17. The lowest BCUT2D eigenvalue weighted by atomic mass is 10.1. The van der Waals surface area contributed by atoms with Crippen molar-refractivity contribution in [2.75, 3.05) is 17.2 Å². The number of anilines is 1. The van der Waals surface area contributed by atoms with E-state index in [-0.39, 0.29) is 11.7 Å². The highest BCUT2D eigenvalue weighted by atomic mass is 32.2. The van der Waals surface area contributed by atoms with E-state index in [4.69, 9.17) is 5.26 Å². The fourth-order valence-electron chi connectivity index (χ4n) is 2.09. The van der Waals surface area contributed by atoms with Crippen molar-refractivity contribution in [2.24, 2.45) is 0 Å². The molecule has 0 aliphatic heterocycles. The molecule has 1 amide bonds. The number of aromatic nitrogens is 2. The molecule has 0 atom stereocenters. The first kappa shape index (κ1) is 16.5. The Kier molecular flexibility index (Phi) is 5.92. The number of aryl methyl sites for hydroxylation is 2. The van der Waals surface area contributed by atoms with Gasteiger partial charge in [0.2, 0.25) is 5.91 Å². The Balaban J connectivity index is 2.13. The number of nitriles is 1. The Bertz CT molecular complexity index is 659. The minimum atomic E-state index is -0.0274. The van der Waals surface area contributed by atoms with Crippen LogP contribution in [0.5, 0.6) is 0 Å². The average Bonchev–Trinajstić information content (AvgIpc) is 2.98. The summed E-state index contributed by atoms with van der Waals surface area (Å²) < 4.78 is 0.772. The van der Waals surface area contributed by atoms with Gasteiger partial charge in [0.1, 0.15) is 5.51 Å². The lowest BCUT2D eigenvalue weighted by molar-refractivity contribution is -0.116. The van der Waals surface area contributed by atoms with Crippen molar-refractivity contribution in [3.8, 4) is 6.07 Å². The van der Waals surface area contributed by atoms with Crippen LogP contribution in [-0.4, -0.2) is 28.4 Å². The SMILES string of the molecule is Cc1cc(C)cc(N(CCC#N)C(=O)CSc2nncs2)c1. The maximum Gasteiger partial charge on any atom is 0.237 e. The van der Waals surface area contributed by atoms with Gasteiger partial charge in [-0.2, -0.15) is 5.26 Å². The molecule has 5 nitrogen and oxygen atoms in total. The van der Waals surface area contributed by atoms with Crippen LogP contribution in [0.25, 0.3) is 0 Å². The van der Waals surface area contributed by atoms with Gasteiger partial charge in [0.15, 0.2) is 4.34 Å². The molecule has 0 saturated carbocycles. The molecular weight excluding hydrogens is 316 g/mol. The lowest BCUT2D eigenvalue weighted by Gasteiger charge is -2.22. The predicted molar refractivity (Wildman–Crippen MR) is 89.1 cm³/mol. The van der Waals surface area contributed by atoms with E-state index in [1.807, 2.05) is 26.0 Å². The molecule has 0 spiro atoms. The van der Waals surface area contributed by atoms with Crippen LogP contribution in [0, 0.1) is 25.2 Å². The fraction of sp³-hybridized carbons (Fsp3) is 0.333. The quantitative estimate of drug-likeness (QED) is 0.760. The topological polar surface area (TPSA) is 69.9 Å². The van der Waals surface area contributed by atoms with E-state index in [1.165, 1.54) is 23.1 Å². The smallest absolute Gasteiger partial charge is 0.237 e. The highest BCUT2D eigenvalue weighted by Crippen LogP contribution is 2.23. The normalized spacial score (nSPS) is 10.2. The van der Waals surface area contributed by atoms with Gasteiger partial charge in [-0.15, -0.1) is 10.2 Å². The summed E-state index contributed by atoms with van der Waals surface area (Å²) in [5.74, 6) is 0.258. The molecule has 0 fully saturated rings. The Morgan fingerprint density at radius 3 is 2.68 bits per heavy atom. The number of carbonyl (C=O) groups is 1. The first-order valence-electron chi connectivity index (χ1n) is 6.74. The summed E-state index contributed by atoms with van der Waals surface area (Å²) in [5.41, 5.74) is 4.68. The number of benzene rings is 1. The number of hydrogen-bond donors (Lipinski definition) is 0. The second kappa shape index (κ2) is 7.92. The molecule has 0 aliphatic carbocycles. The molecule has 1 aromatic carbocycles. The van der Waals surface area contributed by atoms with E-state index in [2.05, 4.69) is 22.3 Å². The molecule has 0 radical (unpaired) electrons. The van der Waals surface area contributed by atoms with Crippen LogP contribution >= 0.6 is 23.1 Å². The van der Waals surface area contributed by atoms with Crippen LogP contribution in [0.3, 0.4) is 0 Å². The Labute approximate surface area is 138 Å². The van der Waals surface area contributed by atoms with Crippen molar-refractivity contribution in [1.29, 1.82) is 5.26 Å². The minimum Gasteiger partial charge on any atom is -0.311 e. The van der Waals surface area contributed by atoms with Gasteiger partial charge in [0.05, 0.1) is 18.2 Å². The van der Waals surface area contributed by atoms with Gasteiger partial charge in [-0.1, -0.05) is 29.2 Å². The molecule has 2 aromatic rings. The summed E-state index contributed by atoms with van der Waals surface area (Å²) in [7, 11) is 0. The van der Waals surface area contributed by atoms with Gasteiger partial charge in [-0.05, 0) is 37.1 Å². The predicted octanol–water partition coefficient (Wildman–Crippen LogP) is 3.19. The second-order valence-electron chi connectivity index (χ2n) is 4.79. The van der Waals surface area contributed by atoms with E-state index >= 15 is 0 Å². The van der Waals surface area contributed by atoms with E-state index in [1.54, 1.807) is 10.4 Å². The number of nitrogens with zero attached hydrogens (tertiary/aromatic N) is 4. The zero-order chi connectivity index (χ0) is 15.9. The summed E-state index contributed by atoms with van der Waals surface area (Å²) >= 11 is 2.78. The second-order valence-corrected chi connectivity index (χ2v) is 6.85. The first-order chi connectivity index (χ1) is 10.6. The molecule has 22 heavy (non-hydrogen) atoms. The number of rotatable bonds is 6. The molecule has 2 rings (SSSR count). The molecular formula is C15H16N4OS2. The van der Waals surface area contributed by atoms with Crippen molar-refractivity contribution >= 4 is 34.7 Å². The van der Waals surface area contributed by atoms with Gasteiger partial charge in [0, 0.05) is 12.2 Å². The fourth-order valence-corrected chi connectivity index (χ4v) is 3.46. The third-order valence-electron chi connectivity index (χ3n) is 2.93. The third-order valence-corrected chi connectivity index (χ3v) is 4.77. The average molecular weight is 332 g/mol. The van der Waals surface area contributed by atoms with Crippen molar-refractivity contribution in [1.82, 2.24) is 10.2 Å². The maximum absolute atomic E-state index is 12.5. The van der Waals surface area contributed by atoms with E-state index < -0.39 is 0 Å². The summed E-state index contributed by atoms with van der Waals surface area (Å²) in [4.78, 5) is 14.2. The van der Waals surface area contributed by atoms with E-state index in [0.717, 1.165) is 21.2 Å². The zero-order valence-corrected chi connectivity index (χ0v) is 14.1. The molecule has 0 N–H and O–H groups in total. The number of carbonyl (C=O) groups excluding carboxylic acids is 1. The molecule has 0 bridgehead atoms. The monoisotopic (exact) mass is 332 g/mol. The lowest BCUT2D eigenvalue weighted by Crippen LogP contribution is -2.33. The van der Waals surface area contributed by atoms with E-state index in [0.29, 0.717) is 13.0 Å². The van der Waals surface area contributed by atoms with Crippen LogP contribution < -0.4 is 4.90 Å². The Hall–Kier alpha value is -1.91. The Morgan fingerprint density at radius 2 is 2.09 bits per heavy atom. The molecule has 0 saturated heterocycles. The molecule has 114 valence electrons. The van der Waals surface area contributed by atoms with Crippen molar-refractivity contribution in [2.45, 2.75) is 24.6 Å². The maximum atomic E-state index is 12.5. The van der Waals surface area contributed by atoms with Gasteiger partial charge in [0.25, 0.3) is 0 Å².